The van der Waals surface area contributed by atoms with Gasteiger partial charge in [0, 0.05) is 5.56 Å². The van der Waals surface area contributed by atoms with E-state index in [1.165, 1.54) is 12.1 Å². The van der Waals surface area contributed by atoms with Gasteiger partial charge in [-0.3, -0.25) is 0 Å². The molecule has 0 aliphatic carbocycles. The molecule has 1 nitrogen and oxygen atoms in total. The molecule has 34 heavy (non-hydrogen) atoms. The predicted molar refractivity (Wildman–Crippen MR) is 116 cm³/mol. The molecule has 0 unspecified atom stereocenters. The summed E-state index contributed by atoms with van der Waals surface area (Å²) in [5.74, 6) is -5.55. The van der Waals surface area contributed by atoms with Crippen molar-refractivity contribution < 1.29 is 35.5 Å². The van der Waals surface area contributed by atoms with Crippen LogP contribution in [0.1, 0.15) is 18.9 Å². The van der Waals surface area contributed by atoms with Crippen molar-refractivity contribution in [2.45, 2.75) is 25.9 Å². The minimum Gasteiger partial charge on any atom is -0.423 e. The van der Waals surface area contributed by atoms with Crippen LogP contribution < -0.4 is 4.74 Å². The van der Waals surface area contributed by atoms with E-state index in [2.05, 4.69) is 10.8 Å². The fourth-order valence-corrected chi connectivity index (χ4v) is 3.31. The highest BCUT2D eigenvalue weighted by atomic mass is 19.3. The highest BCUT2D eigenvalue weighted by molar-refractivity contribution is 5.71. The number of allylic oxidation sites excluding steroid dienone is 2. The lowest BCUT2D eigenvalue weighted by Crippen LogP contribution is -2.23. The lowest BCUT2D eigenvalue weighted by molar-refractivity contribution is -0.137. The van der Waals surface area contributed by atoms with E-state index in [1.54, 1.807) is 6.07 Å². The summed E-state index contributed by atoms with van der Waals surface area (Å²) in [6, 6.07) is 12.7. The molecule has 0 fully saturated rings. The Morgan fingerprint density at radius 1 is 0.824 bits per heavy atom. The zero-order valence-electron chi connectivity index (χ0n) is 17.9. The Hall–Kier alpha value is -3.55. The molecule has 0 N–H and O–H groups in total. The third-order valence-electron chi connectivity index (χ3n) is 4.92. The number of halogens is 7. The molecular weight excluding hydrogens is 461 g/mol. The van der Waals surface area contributed by atoms with E-state index in [-0.39, 0.29) is 11.1 Å². The van der Waals surface area contributed by atoms with Gasteiger partial charge < -0.3 is 4.74 Å². The van der Waals surface area contributed by atoms with Crippen molar-refractivity contribution in [3.05, 3.63) is 102 Å². The van der Waals surface area contributed by atoms with Crippen molar-refractivity contribution in [2.24, 2.45) is 0 Å². The molecule has 3 rings (SSSR count). The molecule has 0 bridgehead atoms. The molecule has 0 saturated carbocycles. The Bertz CT molecular complexity index is 1190. The SMILES string of the molecule is C/C=C/CCc1ccc(-c2ccc(-c3cc(F)c(OC(F)(F)C=C(F)F)c(F)c3)c(F)c2)cc1. The third-order valence-corrected chi connectivity index (χ3v) is 4.92. The molecule has 0 aliphatic heterocycles. The van der Waals surface area contributed by atoms with E-state index < -0.39 is 41.5 Å². The Morgan fingerprint density at radius 2 is 1.41 bits per heavy atom. The molecule has 178 valence electrons. The van der Waals surface area contributed by atoms with Gasteiger partial charge in [0.05, 0.1) is 6.08 Å². The summed E-state index contributed by atoms with van der Waals surface area (Å²) in [6.45, 7) is 1.94. The Labute approximate surface area is 191 Å². The number of alkyl halides is 2. The summed E-state index contributed by atoms with van der Waals surface area (Å²) in [7, 11) is 0. The molecule has 0 aliphatic rings. The molecule has 0 radical (unpaired) electrons. The van der Waals surface area contributed by atoms with Crippen LogP contribution in [-0.4, -0.2) is 6.11 Å². The van der Waals surface area contributed by atoms with Crippen LogP contribution in [0.25, 0.3) is 22.3 Å². The lowest BCUT2D eigenvalue weighted by atomic mass is 9.98. The molecule has 0 aromatic heterocycles. The molecule has 0 heterocycles. The highest BCUT2D eigenvalue weighted by Crippen LogP contribution is 2.35. The van der Waals surface area contributed by atoms with E-state index in [1.807, 2.05) is 37.3 Å². The molecule has 3 aromatic carbocycles. The van der Waals surface area contributed by atoms with Gasteiger partial charge in [-0.15, -0.1) is 0 Å². The number of hydrogen-bond acceptors (Lipinski definition) is 1. The zero-order chi connectivity index (χ0) is 24.9. The van der Waals surface area contributed by atoms with Gasteiger partial charge in [0.1, 0.15) is 5.82 Å². The molecule has 0 atom stereocenters. The number of ether oxygens (including phenoxy) is 1. The van der Waals surface area contributed by atoms with E-state index in [9.17, 15) is 30.7 Å². The van der Waals surface area contributed by atoms with Crippen molar-refractivity contribution in [3.63, 3.8) is 0 Å². The standard InChI is InChI=1S/C26H19F7O/c1-2-3-4-5-16-6-8-17(9-7-16)18-10-11-20(21(27)12-18)19-13-22(28)25(23(29)14-19)34-26(32,33)15-24(30)31/h2-3,6-15H,4-5H2,1H3/b3-2+. The van der Waals surface area contributed by atoms with Gasteiger partial charge in [-0.1, -0.05) is 48.6 Å². The van der Waals surface area contributed by atoms with Crippen LogP contribution in [0.2, 0.25) is 0 Å². The van der Waals surface area contributed by atoms with Crippen molar-refractivity contribution in [2.75, 3.05) is 0 Å². The number of rotatable bonds is 8. The Morgan fingerprint density at radius 3 is 1.97 bits per heavy atom. The summed E-state index contributed by atoms with van der Waals surface area (Å²) >= 11 is 0. The Kier molecular flexibility index (Phi) is 7.81. The maximum atomic E-state index is 14.8. The second-order valence-corrected chi connectivity index (χ2v) is 7.37. The number of hydrogen-bond donors (Lipinski definition) is 0. The van der Waals surface area contributed by atoms with Gasteiger partial charge >= 0.3 is 6.11 Å². The summed E-state index contributed by atoms with van der Waals surface area (Å²) in [5.41, 5.74) is 1.92. The summed E-state index contributed by atoms with van der Waals surface area (Å²) in [4.78, 5) is 0. The molecular formula is C26H19F7O. The third kappa shape index (κ3) is 6.27. The molecule has 0 saturated heterocycles. The van der Waals surface area contributed by atoms with E-state index in [0.717, 1.165) is 24.0 Å². The van der Waals surface area contributed by atoms with Crippen LogP contribution >= 0.6 is 0 Å². The van der Waals surface area contributed by atoms with E-state index in [0.29, 0.717) is 17.7 Å². The molecule has 0 spiro atoms. The first-order valence-corrected chi connectivity index (χ1v) is 10.2. The average molecular weight is 480 g/mol. The van der Waals surface area contributed by atoms with E-state index >= 15 is 0 Å². The highest BCUT2D eigenvalue weighted by Gasteiger charge is 2.33. The van der Waals surface area contributed by atoms with Gasteiger partial charge in [0.25, 0.3) is 6.08 Å². The van der Waals surface area contributed by atoms with Gasteiger partial charge in [-0.05, 0) is 60.2 Å². The second kappa shape index (κ2) is 10.6. The monoisotopic (exact) mass is 480 g/mol. The summed E-state index contributed by atoms with van der Waals surface area (Å²) in [6.07, 6.45) is -2.52. The van der Waals surface area contributed by atoms with Crippen molar-refractivity contribution in [1.82, 2.24) is 0 Å². The first-order valence-electron chi connectivity index (χ1n) is 10.2. The van der Waals surface area contributed by atoms with Crippen LogP contribution in [0.3, 0.4) is 0 Å². The minimum atomic E-state index is -4.64. The van der Waals surface area contributed by atoms with Crippen molar-refractivity contribution in [1.29, 1.82) is 0 Å². The van der Waals surface area contributed by atoms with Crippen molar-refractivity contribution >= 4 is 0 Å². The zero-order valence-corrected chi connectivity index (χ0v) is 17.9. The largest absolute Gasteiger partial charge is 0.425 e. The normalized spacial score (nSPS) is 11.6. The summed E-state index contributed by atoms with van der Waals surface area (Å²) in [5, 5.41) is 0. The minimum absolute atomic E-state index is 0.183. The van der Waals surface area contributed by atoms with Gasteiger partial charge in [0.2, 0.25) is 0 Å². The lowest BCUT2D eigenvalue weighted by Gasteiger charge is -2.16. The molecule has 8 heteroatoms. The fraction of sp³-hybridized carbons (Fsp3) is 0.154. The van der Waals surface area contributed by atoms with Gasteiger partial charge in [-0.2, -0.15) is 17.6 Å². The number of benzene rings is 3. The van der Waals surface area contributed by atoms with Gasteiger partial charge in [-0.25, -0.2) is 13.2 Å². The van der Waals surface area contributed by atoms with Crippen LogP contribution in [0.5, 0.6) is 5.75 Å². The second-order valence-electron chi connectivity index (χ2n) is 7.37. The molecule has 0 amide bonds. The smallest absolute Gasteiger partial charge is 0.423 e. The van der Waals surface area contributed by atoms with Crippen LogP contribution in [-0.2, 0) is 6.42 Å². The maximum absolute atomic E-state index is 14.8. The topological polar surface area (TPSA) is 9.23 Å². The fourth-order valence-electron chi connectivity index (χ4n) is 3.31. The first kappa shape index (κ1) is 25.1. The van der Waals surface area contributed by atoms with Gasteiger partial charge in [0.15, 0.2) is 17.4 Å². The predicted octanol–water partition coefficient (Wildman–Crippen LogP) is 8.70. The maximum Gasteiger partial charge on any atom is 0.425 e. The first-order chi connectivity index (χ1) is 16.1. The molecule has 3 aromatic rings. The summed E-state index contributed by atoms with van der Waals surface area (Å²) < 4.78 is 97.9. The van der Waals surface area contributed by atoms with Crippen LogP contribution in [0.15, 0.2) is 78.9 Å². The van der Waals surface area contributed by atoms with E-state index in [4.69, 9.17) is 0 Å². The number of aryl methyl sites for hydroxylation is 1. The van der Waals surface area contributed by atoms with Crippen LogP contribution in [0.4, 0.5) is 30.7 Å². The average Bonchev–Trinajstić information content (AvgIpc) is 2.76. The van der Waals surface area contributed by atoms with Crippen molar-refractivity contribution in [3.8, 4) is 28.0 Å². The van der Waals surface area contributed by atoms with Crippen LogP contribution in [0, 0.1) is 17.5 Å². The Balaban J connectivity index is 1.85. The quantitative estimate of drug-likeness (QED) is 0.231.